The Morgan fingerprint density at radius 1 is 0.880 bits per heavy atom. The number of benzene rings is 2. The van der Waals surface area contributed by atoms with Crippen LogP contribution in [0.3, 0.4) is 0 Å². The third kappa shape index (κ3) is 4.40. The van der Waals surface area contributed by atoms with Crippen molar-refractivity contribution in [3.8, 4) is 11.5 Å². The molecule has 0 saturated heterocycles. The molecule has 0 unspecified atom stereocenters. The van der Waals surface area contributed by atoms with Crippen LogP contribution in [-0.2, 0) is 6.18 Å². The zero-order valence-electron chi connectivity index (χ0n) is 13.7. The van der Waals surface area contributed by atoms with Gasteiger partial charge in [0.15, 0.2) is 0 Å². The second-order valence-corrected chi connectivity index (χ2v) is 5.25. The molecule has 0 amide bonds. The molecule has 2 rings (SSSR count). The third-order valence-corrected chi connectivity index (χ3v) is 3.66. The highest BCUT2D eigenvalue weighted by molar-refractivity contribution is 5.61. The Morgan fingerprint density at radius 3 is 2.08 bits per heavy atom. The van der Waals surface area contributed by atoms with Gasteiger partial charge in [-0.3, -0.25) is 0 Å². The molecule has 0 bridgehead atoms. The average molecular weight is 353 g/mol. The molecular weight excluding hydrogens is 335 g/mol. The molecule has 0 spiro atoms. The lowest BCUT2D eigenvalue weighted by molar-refractivity contribution is -0.137. The zero-order valence-corrected chi connectivity index (χ0v) is 13.7. The fraction of sp³-hybridized carbons (Fsp3) is 0.294. The van der Waals surface area contributed by atoms with E-state index < -0.39 is 17.5 Å². The van der Waals surface area contributed by atoms with Crippen molar-refractivity contribution in [3.63, 3.8) is 0 Å². The van der Waals surface area contributed by atoms with Crippen LogP contribution in [0.1, 0.15) is 19.4 Å². The summed E-state index contributed by atoms with van der Waals surface area (Å²) in [5.74, 6) is -0.587. The summed E-state index contributed by atoms with van der Waals surface area (Å²) in [5, 5.41) is 27.0. The molecule has 0 radical (unpaired) electrons. The number of nitrogens with zero attached hydrogens (tertiary/aromatic N) is 3. The molecule has 0 aliphatic rings. The van der Waals surface area contributed by atoms with Crippen LogP contribution < -0.4 is 4.90 Å². The fourth-order valence-electron chi connectivity index (χ4n) is 2.27. The number of alkyl halides is 3. The van der Waals surface area contributed by atoms with Crippen LogP contribution in [0.15, 0.2) is 46.6 Å². The number of hydrogen-bond acceptors (Lipinski definition) is 5. The number of aromatic hydroxyl groups is 2. The first kappa shape index (κ1) is 18.6. The van der Waals surface area contributed by atoms with Crippen LogP contribution in [0.2, 0.25) is 0 Å². The van der Waals surface area contributed by atoms with Crippen molar-refractivity contribution >= 4 is 17.1 Å². The topological polar surface area (TPSA) is 68.4 Å². The lowest BCUT2D eigenvalue weighted by atomic mass is 10.2. The van der Waals surface area contributed by atoms with Crippen molar-refractivity contribution in [2.24, 2.45) is 10.2 Å². The van der Waals surface area contributed by atoms with Crippen molar-refractivity contribution in [1.29, 1.82) is 0 Å². The number of phenolic OH excluding ortho intramolecular Hbond substituents is 2. The monoisotopic (exact) mass is 353 g/mol. The highest BCUT2D eigenvalue weighted by Crippen LogP contribution is 2.37. The first-order chi connectivity index (χ1) is 11.8. The van der Waals surface area contributed by atoms with Gasteiger partial charge < -0.3 is 15.1 Å². The molecule has 2 aromatic rings. The number of hydrogen-bond donors (Lipinski definition) is 2. The van der Waals surface area contributed by atoms with Crippen LogP contribution >= 0.6 is 0 Å². The summed E-state index contributed by atoms with van der Waals surface area (Å²) in [5.41, 5.74) is -0.390. The smallest absolute Gasteiger partial charge is 0.416 e. The number of anilines is 1. The van der Waals surface area contributed by atoms with Crippen LogP contribution in [0.4, 0.5) is 30.2 Å². The van der Waals surface area contributed by atoms with E-state index in [1.807, 2.05) is 18.7 Å². The molecule has 134 valence electrons. The number of phenols is 2. The van der Waals surface area contributed by atoms with Gasteiger partial charge in [-0.05, 0) is 44.2 Å². The fourth-order valence-corrected chi connectivity index (χ4v) is 2.27. The summed E-state index contributed by atoms with van der Waals surface area (Å²) in [6, 6.07) is 7.10. The van der Waals surface area contributed by atoms with E-state index in [0.29, 0.717) is 6.07 Å². The van der Waals surface area contributed by atoms with E-state index in [1.54, 1.807) is 6.07 Å². The van der Waals surface area contributed by atoms with E-state index >= 15 is 0 Å². The normalized spacial score (nSPS) is 11.9. The lowest BCUT2D eigenvalue weighted by Gasteiger charge is -2.21. The van der Waals surface area contributed by atoms with Crippen LogP contribution in [0.25, 0.3) is 0 Å². The lowest BCUT2D eigenvalue weighted by Crippen LogP contribution is -2.21. The maximum atomic E-state index is 12.7. The Bertz CT molecular complexity index is 772. The molecule has 0 saturated carbocycles. The van der Waals surface area contributed by atoms with E-state index in [2.05, 4.69) is 10.2 Å². The maximum Gasteiger partial charge on any atom is 0.416 e. The molecule has 0 aliphatic carbocycles. The molecule has 0 fully saturated rings. The summed E-state index contributed by atoms with van der Waals surface area (Å²) in [6.07, 6.45) is -4.55. The molecule has 0 aromatic heterocycles. The molecule has 5 nitrogen and oxygen atoms in total. The molecule has 0 atom stereocenters. The van der Waals surface area contributed by atoms with Gasteiger partial charge in [0.1, 0.15) is 22.9 Å². The molecular formula is C17H18F3N3O2. The highest BCUT2D eigenvalue weighted by Gasteiger charge is 2.31. The zero-order chi connectivity index (χ0) is 18.6. The molecule has 2 N–H and O–H groups in total. The Kier molecular flexibility index (Phi) is 5.51. The Balaban J connectivity index is 2.31. The van der Waals surface area contributed by atoms with Crippen molar-refractivity contribution in [2.75, 3.05) is 18.0 Å². The van der Waals surface area contributed by atoms with E-state index in [9.17, 15) is 23.4 Å². The van der Waals surface area contributed by atoms with Gasteiger partial charge in [0.05, 0.1) is 5.56 Å². The molecule has 2 aromatic carbocycles. The van der Waals surface area contributed by atoms with Crippen molar-refractivity contribution in [2.45, 2.75) is 20.0 Å². The van der Waals surface area contributed by atoms with Gasteiger partial charge in [-0.1, -0.05) is 0 Å². The Morgan fingerprint density at radius 2 is 1.52 bits per heavy atom. The largest absolute Gasteiger partial charge is 0.506 e. The predicted octanol–water partition coefficient (Wildman–Crippen LogP) is 5.38. The van der Waals surface area contributed by atoms with Gasteiger partial charge in [-0.25, -0.2) is 0 Å². The van der Waals surface area contributed by atoms with Crippen LogP contribution in [0.5, 0.6) is 11.5 Å². The Hall–Kier alpha value is -2.77. The summed E-state index contributed by atoms with van der Waals surface area (Å²) in [4.78, 5) is 2.01. The summed E-state index contributed by atoms with van der Waals surface area (Å²) >= 11 is 0. The van der Waals surface area contributed by atoms with Gasteiger partial charge in [0.2, 0.25) is 0 Å². The van der Waals surface area contributed by atoms with E-state index in [-0.39, 0.29) is 17.1 Å². The van der Waals surface area contributed by atoms with E-state index in [1.165, 1.54) is 12.1 Å². The van der Waals surface area contributed by atoms with Gasteiger partial charge in [-0.15, -0.1) is 10.2 Å². The third-order valence-electron chi connectivity index (χ3n) is 3.66. The minimum absolute atomic E-state index is 0.0905. The quantitative estimate of drug-likeness (QED) is 0.709. The number of halogens is 3. The van der Waals surface area contributed by atoms with Crippen molar-refractivity contribution in [3.05, 3.63) is 42.0 Å². The first-order valence-corrected chi connectivity index (χ1v) is 7.66. The second kappa shape index (κ2) is 7.42. The van der Waals surface area contributed by atoms with Crippen LogP contribution in [-0.4, -0.2) is 23.3 Å². The summed E-state index contributed by atoms with van der Waals surface area (Å²) in [7, 11) is 0. The molecule has 0 aliphatic heterocycles. The Labute approximate surface area is 143 Å². The first-order valence-electron chi connectivity index (χ1n) is 7.66. The van der Waals surface area contributed by atoms with Gasteiger partial charge in [0.25, 0.3) is 0 Å². The minimum atomic E-state index is -4.55. The van der Waals surface area contributed by atoms with Gasteiger partial charge >= 0.3 is 6.18 Å². The predicted molar refractivity (Wildman–Crippen MR) is 89.0 cm³/mol. The summed E-state index contributed by atoms with van der Waals surface area (Å²) in [6.45, 7) is 5.47. The van der Waals surface area contributed by atoms with E-state index in [0.717, 1.165) is 30.9 Å². The molecule has 25 heavy (non-hydrogen) atoms. The maximum absolute atomic E-state index is 12.7. The summed E-state index contributed by atoms with van der Waals surface area (Å²) < 4.78 is 38.1. The van der Waals surface area contributed by atoms with Gasteiger partial charge in [0, 0.05) is 24.8 Å². The SMILES string of the molecule is CCN(CC)c1ccc(N=Nc2cc(C(F)(F)F)ccc2O)c(O)c1. The number of rotatable bonds is 5. The highest BCUT2D eigenvalue weighted by atomic mass is 19.4. The average Bonchev–Trinajstić information content (AvgIpc) is 2.55. The van der Waals surface area contributed by atoms with Crippen LogP contribution in [0, 0.1) is 0 Å². The van der Waals surface area contributed by atoms with Gasteiger partial charge in [-0.2, -0.15) is 13.2 Å². The van der Waals surface area contributed by atoms with Crippen molar-refractivity contribution < 1.29 is 23.4 Å². The minimum Gasteiger partial charge on any atom is -0.506 e. The molecule has 8 heteroatoms. The van der Waals surface area contributed by atoms with E-state index in [4.69, 9.17) is 0 Å². The molecule has 0 heterocycles. The number of azo groups is 1. The van der Waals surface area contributed by atoms with Crippen molar-refractivity contribution in [1.82, 2.24) is 0 Å². The second-order valence-electron chi connectivity index (χ2n) is 5.25. The standard InChI is InChI=1S/C17H18F3N3O2/c1-3-23(4-2)12-6-7-13(16(25)10-12)21-22-14-9-11(17(18,19)20)5-8-15(14)24/h5-10,24-25H,3-4H2,1-2H3.